The number of sulfone groups is 1. The minimum absolute atomic E-state index is 0. The number of carbonyl (C=O) groups excluding carboxylic acids is 1. The van der Waals surface area contributed by atoms with E-state index in [-0.39, 0.29) is 137 Å². The predicted octanol–water partition coefficient (Wildman–Crippen LogP) is -2.12. The maximum absolute atomic E-state index is 12.9. The van der Waals surface area contributed by atoms with Gasteiger partial charge in [0, 0.05) is 18.3 Å². The smallest absolute Gasteiger partial charge is 0.790 e. The number of phosphoric ester groups is 1. The number of rotatable bonds is 10. The van der Waals surface area contributed by atoms with E-state index in [4.69, 9.17) is 0 Å². The first-order valence-corrected chi connectivity index (χ1v) is 14.5. The maximum Gasteiger partial charge on any atom is 1.00 e. The molecule has 14 heteroatoms. The SMILES string of the molecule is O=C(C[C@H](COP(=O)([O-])[O-])c1ccccc1)C1CCC(CS(=O)(=O)c2ccc(C(F)(F)F)cc2)CC1.[K+].[K+]. The van der Waals surface area contributed by atoms with Crippen LogP contribution in [-0.4, -0.2) is 26.6 Å². The largest absolute Gasteiger partial charge is 1.00 e. The van der Waals surface area contributed by atoms with E-state index in [1.54, 1.807) is 30.3 Å². The average molecular weight is 625 g/mol. The zero-order valence-corrected chi connectivity index (χ0v) is 29.2. The molecule has 0 aromatic heterocycles. The number of alkyl halides is 3. The molecule has 0 heterocycles. The van der Waals surface area contributed by atoms with Gasteiger partial charge in [0.25, 0.3) is 0 Å². The molecule has 0 bridgehead atoms. The Labute approximate surface area is 305 Å². The van der Waals surface area contributed by atoms with E-state index < -0.39 is 41.9 Å². The van der Waals surface area contributed by atoms with Crippen molar-refractivity contribution in [2.75, 3.05) is 12.4 Å². The molecule has 1 saturated carbocycles. The number of halogens is 3. The van der Waals surface area contributed by atoms with Crippen LogP contribution < -0.4 is 113 Å². The fraction of sp³-hybridized carbons (Fsp3) is 0.458. The van der Waals surface area contributed by atoms with Gasteiger partial charge in [0.1, 0.15) is 5.78 Å². The summed E-state index contributed by atoms with van der Waals surface area (Å²) in [6.07, 6.45) is -2.78. The van der Waals surface area contributed by atoms with Gasteiger partial charge in [-0.15, -0.1) is 0 Å². The van der Waals surface area contributed by atoms with E-state index >= 15 is 0 Å². The summed E-state index contributed by atoms with van der Waals surface area (Å²) < 4.78 is 79.0. The van der Waals surface area contributed by atoms with Crippen molar-refractivity contribution in [1.29, 1.82) is 0 Å². The van der Waals surface area contributed by atoms with Crippen LogP contribution in [0.25, 0.3) is 0 Å². The van der Waals surface area contributed by atoms with E-state index in [2.05, 4.69) is 4.52 Å². The predicted molar refractivity (Wildman–Crippen MR) is 121 cm³/mol. The molecule has 0 saturated heterocycles. The van der Waals surface area contributed by atoms with Gasteiger partial charge in [-0.05, 0) is 61.4 Å². The summed E-state index contributed by atoms with van der Waals surface area (Å²) in [6.45, 7) is -0.444. The first-order chi connectivity index (χ1) is 16.7. The minimum atomic E-state index is -5.20. The van der Waals surface area contributed by atoms with Crippen LogP contribution in [0.5, 0.6) is 0 Å². The van der Waals surface area contributed by atoms with E-state index in [0.29, 0.717) is 31.2 Å². The summed E-state index contributed by atoms with van der Waals surface area (Å²) in [6, 6.07) is 12.0. The number of ketones is 1. The fourth-order valence-electron chi connectivity index (χ4n) is 4.50. The standard InChI is InChI=1S/C24H28F3O7PS.2K/c25-24(26,27)21-10-12-22(13-11-21)36(32,33)16-17-6-8-19(9-7-17)23(28)14-20(15-34-35(29,30)31)18-4-2-1-3-5-18;;/h1-5,10-13,17,19-20H,6-9,14-16H2,(H2,29,30,31);;/q;2*+1/p-2/t17?,19?,20-;;/m1../s1. The third-order valence-corrected chi connectivity index (χ3v) is 8.82. The summed E-state index contributed by atoms with van der Waals surface area (Å²) in [5.74, 6) is -1.54. The van der Waals surface area contributed by atoms with Crippen molar-refractivity contribution in [3.63, 3.8) is 0 Å². The molecule has 1 atom stereocenters. The van der Waals surface area contributed by atoms with Crippen LogP contribution in [-0.2, 0) is 29.9 Å². The van der Waals surface area contributed by atoms with Crippen LogP contribution in [0.4, 0.5) is 13.2 Å². The Bertz CT molecular complexity index is 1180. The summed E-state index contributed by atoms with van der Waals surface area (Å²) in [5.41, 5.74) is -0.261. The zero-order chi connectivity index (χ0) is 26.6. The first-order valence-electron chi connectivity index (χ1n) is 11.4. The van der Waals surface area contributed by atoms with Crippen molar-refractivity contribution in [1.82, 2.24) is 0 Å². The number of phosphoric acid groups is 1. The molecule has 0 radical (unpaired) electrons. The summed E-state index contributed by atoms with van der Waals surface area (Å²) in [4.78, 5) is 34.6. The van der Waals surface area contributed by atoms with Gasteiger partial charge in [-0.25, -0.2) is 8.42 Å². The van der Waals surface area contributed by atoms with Crippen molar-refractivity contribution in [2.45, 2.75) is 49.1 Å². The second-order valence-electron chi connectivity index (χ2n) is 9.04. The Kier molecular flexibility index (Phi) is 15.9. The molecule has 0 N–H and O–H groups in total. The summed E-state index contributed by atoms with van der Waals surface area (Å²) in [7, 11) is -9.00. The van der Waals surface area contributed by atoms with Crippen molar-refractivity contribution < 1.29 is 148 Å². The third-order valence-electron chi connectivity index (χ3n) is 6.45. The van der Waals surface area contributed by atoms with Gasteiger partial charge in [-0.2, -0.15) is 13.2 Å². The Morgan fingerprint density at radius 1 is 0.974 bits per heavy atom. The van der Waals surface area contributed by atoms with Crippen molar-refractivity contribution in [3.05, 3.63) is 65.7 Å². The van der Waals surface area contributed by atoms with Gasteiger partial charge >= 0.3 is 109 Å². The molecular formula is C24H26F3K2O7PS. The van der Waals surface area contributed by atoms with E-state index in [1.165, 1.54) is 0 Å². The molecule has 1 fully saturated rings. The monoisotopic (exact) mass is 624 g/mol. The molecular weight excluding hydrogens is 598 g/mol. The maximum atomic E-state index is 12.9. The zero-order valence-electron chi connectivity index (χ0n) is 21.2. The molecule has 1 aliphatic rings. The summed E-state index contributed by atoms with van der Waals surface area (Å²) in [5, 5.41) is 0. The number of Topliss-reactive ketones (excluding diaryl/α,β-unsaturated/α-hetero) is 1. The van der Waals surface area contributed by atoms with Gasteiger partial charge in [-0.1, -0.05) is 30.3 Å². The van der Waals surface area contributed by atoms with E-state index in [0.717, 1.165) is 24.3 Å². The van der Waals surface area contributed by atoms with Crippen LogP contribution >= 0.6 is 7.82 Å². The average Bonchev–Trinajstić information content (AvgIpc) is 2.81. The molecule has 7 nitrogen and oxygen atoms in total. The molecule has 0 aliphatic heterocycles. The van der Waals surface area contributed by atoms with Crippen LogP contribution in [0.1, 0.15) is 49.1 Å². The van der Waals surface area contributed by atoms with Crippen LogP contribution in [0, 0.1) is 11.8 Å². The molecule has 38 heavy (non-hydrogen) atoms. The first kappa shape index (κ1) is 37.3. The number of benzene rings is 2. The third kappa shape index (κ3) is 11.8. The number of carbonyl (C=O) groups is 1. The molecule has 2 aromatic rings. The Morgan fingerprint density at radius 2 is 1.53 bits per heavy atom. The van der Waals surface area contributed by atoms with Crippen LogP contribution in [0.15, 0.2) is 59.5 Å². The topological polar surface area (TPSA) is 124 Å². The minimum Gasteiger partial charge on any atom is -0.790 e. The molecule has 2 aromatic carbocycles. The normalized spacial score (nSPS) is 19.1. The van der Waals surface area contributed by atoms with Gasteiger partial charge in [-0.3, -0.25) is 4.79 Å². The van der Waals surface area contributed by atoms with Crippen molar-refractivity contribution in [3.8, 4) is 0 Å². The summed E-state index contributed by atoms with van der Waals surface area (Å²) >= 11 is 0. The van der Waals surface area contributed by atoms with Crippen molar-refractivity contribution >= 4 is 23.4 Å². The molecule has 3 rings (SSSR count). The number of hydrogen-bond donors (Lipinski definition) is 0. The fourth-order valence-corrected chi connectivity index (χ4v) is 6.56. The second kappa shape index (κ2) is 16.2. The Morgan fingerprint density at radius 3 is 2.03 bits per heavy atom. The van der Waals surface area contributed by atoms with Gasteiger partial charge in [0.05, 0.1) is 30.6 Å². The molecule has 1 aliphatic carbocycles. The number of hydrogen-bond acceptors (Lipinski definition) is 7. The molecule has 0 unspecified atom stereocenters. The second-order valence-corrected chi connectivity index (χ2v) is 12.2. The van der Waals surface area contributed by atoms with E-state index in [1.807, 2.05) is 0 Å². The Balaban J connectivity index is 0.00000361. The molecule has 198 valence electrons. The van der Waals surface area contributed by atoms with Gasteiger partial charge < -0.3 is 18.9 Å². The molecule has 0 spiro atoms. The van der Waals surface area contributed by atoms with Gasteiger partial charge in [0.15, 0.2) is 9.84 Å². The molecule has 0 amide bonds. The van der Waals surface area contributed by atoms with Crippen LogP contribution in [0.2, 0.25) is 0 Å². The van der Waals surface area contributed by atoms with Gasteiger partial charge in [0.2, 0.25) is 0 Å². The van der Waals surface area contributed by atoms with E-state index in [9.17, 15) is 40.7 Å². The Hall–Kier alpha value is 1.23. The van der Waals surface area contributed by atoms with Crippen molar-refractivity contribution in [2.24, 2.45) is 11.8 Å². The van der Waals surface area contributed by atoms with Crippen LogP contribution in [0.3, 0.4) is 0 Å². The quantitative estimate of drug-likeness (QED) is 0.219.